The molecular formula is C15H26N4O. The van der Waals surface area contributed by atoms with E-state index in [2.05, 4.69) is 20.4 Å². The van der Waals surface area contributed by atoms with Crippen molar-refractivity contribution in [2.45, 2.75) is 63.5 Å². The topological polar surface area (TPSA) is 54.2 Å². The third-order valence-corrected chi connectivity index (χ3v) is 4.72. The number of aromatic nitrogens is 2. The molecule has 1 saturated carbocycles. The molecule has 1 unspecified atom stereocenters. The maximum atomic E-state index is 5.50. The van der Waals surface area contributed by atoms with Crippen LogP contribution >= 0.6 is 0 Å². The van der Waals surface area contributed by atoms with Gasteiger partial charge in [-0.1, -0.05) is 24.4 Å². The van der Waals surface area contributed by atoms with Crippen molar-refractivity contribution in [3.63, 3.8) is 0 Å². The Morgan fingerprint density at radius 2 is 2.05 bits per heavy atom. The number of hydrogen-bond donors (Lipinski definition) is 1. The molecule has 0 radical (unpaired) electrons. The summed E-state index contributed by atoms with van der Waals surface area (Å²) in [7, 11) is 2.05. The lowest BCUT2D eigenvalue weighted by Gasteiger charge is -2.31. The minimum atomic E-state index is 0.511. The van der Waals surface area contributed by atoms with Crippen molar-refractivity contribution in [1.82, 2.24) is 20.4 Å². The zero-order valence-electron chi connectivity index (χ0n) is 12.5. The lowest BCUT2D eigenvalue weighted by molar-refractivity contribution is 0.182. The summed E-state index contributed by atoms with van der Waals surface area (Å²) in [5.74, 6) is 2.25. The van der Waals surface area contributed by atoms with Crippen LogP contribution in [0.1, 0.15) is 62.6 Å². The number of likely N-dealkylation sites (N-methyl/N-ethyl adjacent to an activating group) is 1. The predicted molar refractivity (Wildman–Crippen MR) is 77.5 cm³/mol. The average molecular weight is 278 g/mol. The van der Waals surface area contributed by atoms with Crippen LogP contribution in [0.4, 0.5) is 0 Å². The molecule has 2 aliphatic rings. The zero-order valence-corrected chi connectivity index (χ0v) is 12.5. The molecule has 112 valence electrons. The Labute approximate surface area is 121 Å². The molecule has 5 heteroatoms. The lowest BCUT2D eigenvalue weighted by Crippen LogP contribution is -2.44. The van der Waals surface area contributed by atoms with Crippen LogP contribution in [0.3, 0.4) is 0 Å². The Morgan fingerprint density at radius 3 is 2.85 bits per heavy atom. The second kappa shape index (κ2) is 6.68. The van der Waals surface area contributed by atoms with Crippen molar-refractivity contribution in [1.29, 1.82) is 0 Å². The van der Waals surface area contributed by atoms with Gasteiger partial charge in [0.15, 0.2) is 5.82 Å². The Kier molecular flexibility index (Phi) is 4.68. The van der Waals surface area contributed by atoms with Crippen LogP contribution < -0.4 is 5.32 Å². The van der Waals surface area contributed by atoms with Gasteiger partial charge in [0, 0.05) is 18.5 Å². The molecule has 5 nitrogen and oxygen atoms in total. The molecule has 2 fully saturated rings. The first-order valence-electron chi connectivity index (χ1n) is 8.07. The van der Waals surface area contributed by atoms with Crippen molar-refractivity contribution in [3.8, 4) is 0 Å². The van der Waals surface area contributed by atoms with Gasteiger partial charge in [-0.05, 0) is 39.3 Å². The molecule has 20 heavy (non-hydrogen) atoms. The molecule has 1 N–H and O–H groups in total. The van der Waals surface area contributed by atoms with Gasteiger partial charge in [0.25, 0.3) is 0 Å². The van der Waals surface area contributed by atoms with Crippen LogP contribution in [0, 0.1) is 0 Å². The number of piperidine rings is 1. The van der Waals surface area contributed by atoms with Crippen LogP contribution in [-0.4, -0.2) is 41.2 Å². The fraction of sp³-hybridized carbons (Fsp3) is 0.867. The molecular weight excluding hydrogens is 252 g/mol. The van der Waals surface area contributed by atoms with Gasteiger partial charge in [-0.2, -0.15) is 4.98 Å². The SMILES string of the molecule is CNC1CCCN(Cc2noc(C3CCCCC3)n2)C1. The normalized spacial score (nSPS) is 25.9. The van der Waals surface area contributed by atoms with E-state index in [1.165, 1.54) is 44.9 Å². The maximum absolute atomic E-state index is 5.50. The summed E-state index contributed by atoms with van der Waals surface area (Å²) in [6.45, 7) is 3.06. The second-order valence-electron chi connectivity index (χ2n) is 6.25. The first-order valence-corrected chi connectivity index (χ1v) is 8.07. The van der Waals surface area contributed by atoms with Gasteiger partial charge in [-0.15, -0.1) is 0 Å². The van der Waals surface area contributed by atoms with Crippen molar-refractivity contribution < 1.29 is 4.52 Å². The second-order valence-corrected chi connectivity index (χ2v) is 6.25. The highest BCUT2D eigenvalue weighted by Gasteiger charge is 2.23. The first kappa shape index (κ1) is 14.0. The number of rotatable bonds is 4. The average Bonchev–Trinajstić information content (AvgIpc) is 2.97. The Bertz CT molecular complexity index is 414. The highest BCUT2D eigenvalue weighted by atomic mass is 16.5. The highest BCUT2D eigenvalue weighted by molar-refractivity contribution is 4.96. The minimum absolute atomic E-state index is 0.511. The van der Waals surface area contributed by atoms with Crippen molar-refractivity contribution in [2.24, 2.45) is 0 Å². The fourth-order valence-electron chi connectivity index (χ4n) is 3.48. The maximum Gasteiger partial charge on any atom is 0.229 e. The van der Waals surface area contributed by atoms with E-state index in [0.29, 0.717) is 12.0 Å². The molecule has 0 amide bonds. The first-order chi connectivity index (χ1) is 9.85. The largest absolute Gasteiger partial charge is 0.339 e. The van der Waals surface area contributed by atoms with Gasteiger partial charge < -0.3 is 9.84 Å². The Morgan fingerprint density at radius 1 is 1.20 bits per heavy atom. The van der Waals surface area contributed by atoms with E-state index in [-0.39, 0.29) is 0 Å². The Balaban J connectivity index is 1.56. The van der Waals surface area contributed by atoms with Gasteiger partial charge in [0.1, 0.15) is 0 Å². The summed E-state index contributed by atoms with van der Waals surface area (Å²) >= 11 is 0. The predicted octanol–water partition coefficient (Wildman–Crippen LogP) is 2.30. The molecule has 0 spiro atoms. The molecule has 1 aromatic heterocycles. The molecule has 1 aliphatic heterocycles. The highest BCUT2D eigenvalue weighted by Crippen LogP contribution is 2.31. The number of nitrogens with one attached hydrogen (secondary N) is 1. The molecule has 1 atom stereocenters. The van der Waals surface area contributed by atoms with Crippen molar-refractivity contribution in [3.05, 3.63) is 11.7 Å². The summed E-state index contributed by atoms with van der Waals surface area (Å²) in [4.78, 5) is 7.07. The summed E-state index contributed by atoms with van der Waals surface area (Å²) in [6, 6.07) is 0.605. The third kappa shape index (κ3) is 3.38. The smallest absolute Gasteiger partial charge is 0.229 e. The number of likely N-dealkylation sites (tertiary alicyclic amines) is 1. The summed E-state index contributed by atoms with van der Waals surface area (Å²) in [6.07, 6.45) is 8.92. The molecule has 3 rings (SSSR count). The standard InChI is InChI=1S/C15H26N4O/c1-16-13-8-5-9-19(10-13)11-14-17-15(20-18-14)12-6-3-2-4-7-12/h12-13,16H,2-11H2,1H3. The monoisotopic (exact) mass is 278 g/mol. The van der Waals surface area contributed by atoms with Crippen molar-refractivity contribution in [2.75, 3.05) is 20.1 Å². The number of hydrogen-bond acceptors (Lipinski definition) is 5. The molecule has 1 saturated heterocycles. The molecule has 0 aromatic carbocycles. The van der Waals surface area contributed by atoms with Gasteiger partial charge in [0.05, 0.1) is 6.54 Å². The van der Waals surface area contributed by atoms with E-state index in [4.69, 9.17) is 4.52 Å². The molecule has 1 aromatic rings. The van der Waals surface area contributed by atoms with E-state index in [0.717, 1.165) is 31.3 Å². The van der Waals surface area contributed by atoms with Crippen LogP contribution in [0.5, 0.6) is 0 Å². The quantitative estimate of drug-likeness (QED) is 0.916. The van der Waals surface area contributed by atoms with Crippen LogP contribution in [-0.2, 0) is 6.54 Å². The van der Waals surface area contributed by atoms with E-state index >= 15 is 0 Å². The van der Waals surface area contributed by atoms with Gasteiger partial charge >= 0.3 is 0 Å². The number of nitrogens with zero attached hydrogens (tertiary/aromatic N) is 3. The summed E-state index contributed by atoms with van der Waals surface area (Å²) < 4.78 is 5.50. The minimum Gasteiger partial charge on any atom is -0.339 e. The fourth-order valence-corrected chi connectivity index (χ4v) is 3.48. The molecule has 0 bridgehead atoms. The third-order valence-electron chi connectivity index (χ3n) is 4.72. The van der Waals surface area contributed by atoms with Gasteiger partial charge in [-0.3, -0.25) is 4.90 Å². The van der Waals surface area contributed by atoms with E-state index < -0.39 is 0 Å². The van der Waals surface area contributed by atoms with Crippen LogP contribution in [0.2, 0.25) is 0 Å². The van der Waals surface area contributed by atoms with Crippen molar-refractivity contribution >= 4 is 0 Å². The van der Waals surface area contributed by atoms with Gasteiger partial charge in [-0.25, -0.2) is 0 Å². The summed E-state index contributed by atoms with van der Waals surface area (Å²) in [5.41, 5.74) is 0. The summed E-state index contributed by atoms with van der Waals surface area (Å²) in [5, 5.41) is 7.56. The van der Waals surface area contributed by atoms with Crippen LogP contribution in [0.15, 0.2) is 4.52 Å². The van der Waals surface area contributed by atoms with E-state index in [1.807, 2.05) is 7.05 Å². The van der Waals surface area contributed by atoms with Crippen LogP contribution in [0.25, 0.3) is 0 Å². The lowest BCUT2D eigenvalue weighted by atomic mass is 9.89. The molecule has 2 heterocycles. The molecule has 1 aliphatic carbocycles. The zero-order chi connectivity index (χ0) is 13.8. The van der Waals surface area contributed by atoms with E-state index in [9.17, 15) is 0 Å². The van der Waals surface area contributed by atoms with E-state index in [1.54, 1.807) is 0 Å². The van der Waals surface area contributed by atoms with Gasteiger partial charge in [0.2, 0.25) is 5.89 Å². The Hall–Kier alpha value is -0.940.